The van der Waals surface area contributed by atoms with Crippen LogP contribution >= 0.6 is 11.8 Å². The molecule has 3 aromatic heterocycles. The van der Waals surface area contributed by atoms with Gasteiger partial charge < -0.3 is 4.57 Å². The number of rotatable bonds is 7. The molecule has 1 fully saturated rings. The van der Waals surface area contributed by atoms with E-state index in [0.717, 1.165) is 46.3 Å². The van der Waals surface area contributed by atoms with E-state index in [9.17, 15) is 4.79 Å². The van der Waals surface area contributed by atoms with E-state index in [1.54, 1.807) is 12.4 Å². The molecule has 0 radical (unpaired) electrons. The first-order chi connectivity index (χ1) is 13.5. The van der Waals surface area contributed by atoms with Crippen molar-refractivity contribution >= 4 is 17.5 Å². The van der Waals surface area contributed by atoms with Crippen molar-refractivity contribution in [2.75, 3.05) is 5.75 Å². The summed E-state index contributed by atoms with van der Waals surface area (Å²) >= 11 is 1.48. The van der Waals surface area contributed by atoms with Crippen molar-refractivity contribution in [3.05, 3.63) is 47.5 Å². The van der Waals surface area contributed by atoms with E-state index < -0.39 is 0 Å². The van der Waals surface area contributed by atoms with Crippen molar-refractivity contribution in [1.29, 1.82) is 0 Å². The van der Waals surface area contributed by atoms with Crippen LogP contribution in [-0.4, -0.2) is 35.9 Å². The largest absolute Gasteiger partial charge is 0.346 e. The van der Waals surface area contributed by atoms with Gasteiger partial charge in [-0.2, -0.15) is 0 Å². The van der Waals surface area contributed by atoms with Gasteiger partial charge in [-0.1, -0.05) is 11.8 Å². The smallest absolute Gasteiger partial charge is 0.192 e. The lowest BCUT2D eigenvalue weighted by molar-refractivity contribution is 0.102. The predicted octanol–water partition coefficient (Wildman–Crippen LogP) is 4.65. The minimum Gasteiger partial charge on any atom is -0.346 e. The lowest BCUT2D eigenvalue weighted by atomic mass is 10.2. The third-order valence-electron chi connectivity index (χ3n) is 5.15. The highest BCUT2D eigenvalue weighted by molar-refractivity contribution is 7.99. The van der Waals surface area contributed by atoms with E-state index in [2.05, 4.69) is 45.1 Å². The number of carbonyl (C=O) groups excluding carboxylic acids is 1. The van der Waals surface area contributed by atoms with Gasteiger partial charge in [0.2, 0.25) is 0 Å². The molecule has 1 saturated carbocycles. The molecule has 146 valence electrons. The zero-order valence-corrected chi connectivity index (χ0v) is 17.5. The number of aryl methyl sites for hydroxylation is 1. The van der Waals surface area contributed by atoms with Gasteiger partial charge in [0.25, 0.3) is 0 Å². The summed E-state index contributed by atoms with van der Waals surface area (Å²) in [5.41, 5.74) is 3.99. The lowest BCUT2D eigenvalue weighted by Crippen LogP contribution is -2.09. The number of ketones is 1. The van der Waals surface area contributed by atoms with Crippen LogP contribution < -0.4 is 0 Å². The average molecular weight is 396 g/mol. The summed E-state index contributed by atoms with van der Waals surface area (Å²) in [6, 6.07) is 6.68. The molecule has 0 aromatic carbocycles. The van der Waals surface area contributed by atoms with Crippen molar-refractivity contribution in [3.63, 3.8) is 0 Å². The summed E-state index contributed by atoms with van der Waals surface area (Å²) in [6.07, 6.45) is 5.80. The second kappa shape index (κ2) is 7.54. The number of Topliss-reactive ketones (excluding diaryl/α,β-unsaturated/α-hetero) is 1. The molecule has 0 atom stereocenters. The lowest BCUT2D eigenvalue weighted by Gasteiger charge is -2.13. The summed E-state index contributed by atoms with van der Waals surface area (Å²) < 4.78 is 4.40. The van der Waals surface area contributed by atoms with Gasteiger partial charge in [-0.05, 0) is 58.7 Å². The molecular formula is C21H25N5OS. The van der Waals surface area contributed by atoms with Gasteiger partial charge >= 0.3 is 0 Å². The van der Waals surface area contributed by atoms with Gasteiger partial charge in [0, 0.05) is 47.0 Å². The summed E-state index contributed by atoms with van der Waals surface area (Å²) in [5, 5.41) is 9.62. The number of pyridine rings is 1. The standard InChI is InChI=1S/C21H25N5OS/c1-13(2)25-14(3)11-18(15(25)4)19(27)12-28-21-24-23-20(26(21)17-5-6-17)16-7-9-22-10-8-16/h7-11,13,17H,5-6,12H2,1-4H3. The topological polar surface area (TPSA) is 65.6 Å². The first-order valence-electron chi connectivity index (χ1n) is 9.67. The normalized spacial score (nSPS) is 14.0. The van der Waals surface area contributed by atoms with E-state index in [1.165, 1.54) is 11.8 Å². The highest BCUT2D eigenvalue weighted by atomic mass is 32.2. The Hall–Kier alpha value is -2.41. The second-order valence-electron chi connectivity index (χ2n) is 7.60. The quantitative estimate of drug-likeness (QED) is 0.430. The molecule has 7 heteroatoms. The molecule has 28 heavy (non-hydrogen) atoms. The van der Waals surface area contributed by atoms with E-state index >= 15 is 0 Å². The molecule has 4 rings (SSSR count). The fourth-order valence-corrected chi connectivity index (χ4v) is 4.69. The molecule has 0 bridgehead atoms. The fourth-order valence-electron chi connectivity index (χ4n) is 3.80. The van der Waals surface area contributed by atoms with Gasteiger partial charge in [-0.15, -0.1) is 10.2 Å². The summed E-state index contributed by atoms with van der Waals surface area (Å²) in [7, 11) is 0. The zero-order chi connectivity index (χ0) is 19.8. The Morgan fingerprint density at radius 1 is 1.21 bits per heavy atom. The van der Waals surface area contributed by atoms with Crippen LogP contribution in [0.2, 0.25) is 0 Å². The number of hydrogen-bond acceptors (Lipinski definition) is 5. The molecule has 0 unspecified atom stereocenters. The Morgan fingerprint density at radius 3 is 2.54 bits per heavy atom. The molecule has 1 aliphatic carbocycles. The van der Waals surface area contributed by atoms with E-state index in [0.29, 0.717) is 17.8 Å². The van der Waals surface area contributed by atoms with Gasteiger partial charge in [0.05, 0.1) is 5.75 Å². The van der Waals surface area contributed by atoms with E-state index in [1.807, 2.05) is 25.1 Å². The Balaban J connectivity index is 1.55. The summed E-state index contributed by atoms with van der Waals surface area (Å²) in [6.45, 7) is 8.37. The van der Waals surface area contributed by atoms with Crippen LogP contribution in [0.5, 0.6) is 0 Å². The molecule has 0 spiro atoms. The first-order valence-corrected chi connectivity index (χ1v) is 10.7. The Labute approximate surface area is 169 Å². The molecular weight excluding hydrogens is 370 g/mol. The van der Waals surface area contributed by atoms with Gasteiger partial charge in [-0.3, -0.25) is 14.3 Å². The number of hydrogen-bond donors (Lipinski definition) is 0. The molecule has 6 nitrogen and oxygen atoms in total. The Morgan fingerprint density at radius 2 is 1.93 bits per heavy atom. The molecule has 3 heterocycles. The highest BCUT2D eigenvalue weighted by Crippen LogP contribution is 2.41. The van der Waals surface area contributed by atoms with E-state index in [-0.39, 0.29) is 5.78 Å². The van der Waals surface area contributed by atoms with Crippen LogP contribution in [0.25, 0.3) is 11.4 Å². The van der Waals surface area contributed by atoms with Crippen LogP contribution in [0.3, 0.4) is 0 Å². The van der Waals surface area contributed by atoms with Crippen molar-refractivity contribution in [1.82, 2.24) is 24.3 Å². The van der Waals surface area contributed by atoms with Crippen LogP contribution in [0, 0.1) is 13.8 Å². The van der Waals surface area contributed by atoms with Crippen molar-refractivity contribution in [2.45, 2.75) is 57.8 Å². The molecule has 0 saturated heterocycles. The SMILES string of the molecule is Cc1cc(C(=O)CSc2nnc(-c3ccncc3)n2C2CC2)c(C)n1C(C)C. The van der Waals surface area contributed by atoms with Crippen LogP contribution in [-0.2, 0) is 0 Å². The van der Waals surface area contributed by atoms with Crippen LogP contribution in [0.1, 0.15) is 60.5 Å². The maximum atomic E-state index is 12.9. The van der Waals surface area contributed by atoms with Crippen molar-refractivity contribution in [2.24, 2.45) is 0 Å². The van der Waals surface area contributed by atoms with Crippen molar-refractivity contribution < 1.29 is 4.79 Å². The Bertz CT molecular complexity index is 1000. The average Bonchev–Trinajstić information content (AvgIpc) is 3.35. The number of carbonyl (C=O) groups is 1. The minimum absolute atomic E-state index is 0.140. The third kappa shape index (κ3) is 3.51. The number of thioether (sulfide) groups is 1. The third-order valence-corrected chi connectivity index (χ3v) is 6.09. The van der Waals surface area contributed by atoms with Gasteiger partial charge in [-0.25, -0.2) is 0 Å². The first kappa shape index (κ1) is 18.9. The van der Waals surface area contributed by atoms with Crippen LogP contribution in [0.4, 0.5) is 0 Å². The molecule has 0 aliphatic heterocycles. The van der Waals surface area contributed by atoms with E-state index in [4.69, 9.17) is 0 Å². The summed E-state index contributed by atoms with van der Waals surface area (Å²) in [5.74, 6) is 1.36. The number of aromatic nitrogens is 5. The zero-order valence-electron chi connectivity index (χ0n) is 16.7. The van der Waals surface area contributed by atoms with Gasteiger partial charge in [0.1, 0.15) is 0 Å². The Kier molecular flexibility index (Phi) is 5.10. The number of nitrogens with zero attached hydrogens (tertiary/aromatic N) is 5. The van der Waals surface area contributed by atoms with Crippen molar-refractivity contribution in [3.8, 4) is 11.4 Å². The van der Waals surface area contributed by atoms with Crippen LogP contribution in [0.15, 0.2) is 35.7 Å². The molecule has 1 aliphatic rings. The second-order valence-corrected chi connectivity index (χ2v) is 8.55. The van der Waals surface area contributed by atoms with Gasteiger partial charge in [0.15, 0.2) is 16.8 Å². The fraction of sp³-hybridized carbons (Fsp3) is 0.429. The maximum absolute atomic E-state index is 12.9. The monoisotopic (exact) mass is 395 g/mol. The molecule has 0 amide bonds. The maximum Gasteiger partial charge on any atom is 0.192 e. The molecule has 3 aromatic rings. The summed E-state index contributed by atoms with van der Waals surface area (Å²) in [4.78, 5) is 17.0. The highest BCUT2D eigenvalue weighted by Gasteiger charge is 2.30. The minimum atomic E-state index is 0.140. The molecule has 0 N–H and O–H groups in total. The predicted molar refractivity (Wildman–Crippen MR) is 111 cm³/mol.